The Morgan fingerprint density at radius 1 is 1.27 bits per heavy atom. The highest BCUT2D eigenvalue weighted by Crippen LogP contribution is 2.35. The number of benzene rings is 1. The monoisotopic (exact) mass is 373 g/mol. The molecule has 0 fully saturated rings. The molecule has 0 unspecified atom stereocenters. The van der Waals surface area contributed by atoms with E-state index >= 15 is 0 Å². The van der Waals surface area contributed by atoms with Crippen molar-refractivity contribution in [2.24, 2.45) is 0 Å². The molecule has 0 saturated carbocycles. The van der Waals surface area contributed by atoms with Gasteiger partial charge in [-0.3, -0.25) is 14.2 Å². The highest BCUT2D eigenvalue weighted by Gasteiger charge is 2.19. The van der Waals surface area contributed by atoms with Crippen molar-refractivity contribution in [2.45, 2.75) is 33.7 Å². The largest absolute Gasteiger partial charge is 0.355 e. The van der Waals surface area contributed by atoms with E-state index in [1.807, 2.05) is 13.8 Å². The highest BCUT2D eigenvalue weighted by molar-refractivity contribution is 7.19. The summed E-state index contributed by atoms with van der Waals surface area (Å²) in [4.78, 5) is 31.3. The van der Waals surface area contributed by atoms with Crippen LogP contribution in [0.5, 0.6) is 0 Å². The molecule has 0 aliphatic carbocycles. The lowest BCUT2D eigenvalue weighted by molar-refractivity contribution is -0.121. The van der Waals surface area contributed by atoms with Gasteiger partial charge in [0, 0.05) is 17.0 Å². The molecule has 5 nitrogen and oxygen atoms in total. The van der Waals surface area contributed by atoms with Crippen LogP contribution in [0.15, 0.2) is 29.1 Å². The van der Waals surface area contributed by atoms with Gasteiger partial charge in [0.2, 0.25) is 5.91 Å². The predicted octanol–water partition coefficient (Wildman–Crippen LogP) is 3.41. The quantitative estimate of drug-likeness (QED) is 0.745. The van der Waals surface area contributed by atoms with Gasteiger partial charge >= 0.3 is 0 Å². The summed E-state index contributed by atoms with van der Waals surface area (Å²) < 4.78 is 14.7. The smallest absolute Gasteiger partial charge is 0.263 e. The number of hydrogen-bond donors (Lipinski definition) is 1. The Morgan fingerprint density at radius 3 is 2.62 bits per heavy atom. The first-order valence-corrected chi connectivity index (χ1v) is 9.27. The van der Waals surface area contributed by atoms with Crippen molar-refractivity contribution in [3.05, 3.63) is 51.1 Å². The van der Waals surface area contributed by atoms with Gasteiger partial charge in [-0.15, -0.1) is 11.3 Å². The van der Waals surface area contributed by atoms with Gasteiger partial charge in [0.15, 0.2) is 0 Å². The molecule has 3 aromatic rings. The number of carbonyl (C=O) groups is 1. The standard InChI is InChI=1S/C19H20FN3O2S/c1-4-9-21-15(24)10-23-12(3)22-18-17(19(23)25)16(11(2)26-18)13-5-7-14(20)8-6-13/h5-8H,4,9-10H2,1-3H3,(H,21,24). The van der Waals surface area contributed by atoms with E-state index in [0.717, 1.165) is 22.4 Å². The number of fused-ring (bicyclic) bond motifs is 1. The number of carbonyl (C=O) groups excluding carboxylic acids is 1. The molecular weight excluding hydrogens is 353 g/mol. The maximum atomic E-state index is 13.3. The lowest BCUT2D eigenvalue weighted by atomic mass is 10.0. The maximum absolute atomic E-state index is 13.3. The van der Waals surface area contributed by atoms with E-state index in [1.54, 1.807) is 19.1 Å². The molecule has 0 radical (unpaired) electrons. The number of aromatic nitrogens is 2. The summed E-state index contributed by atoms with van der Waals surface area (Å²) in [6.45, 7) is 6.11. The Balaban J connectivity index is 2.15. The number of rotatable bonds is 5. The molecular formula is C19H20FN3O2S. The molecule has 1 amide bonds. The Hall–Kier alpha value is -2.54. The molecule has 26 heavy (non-hydrogen) atoms. The average Bonchev–Trinajstić information content (AvgIpc) is 2.93. The second-order valence-corrected chi connectivity index (χ2v) is 7.32. The van der Waals surface area contributed by atoms with Gasteiger partial charge in [0.05, 0.1) is 5.39 Å². The fraction of sp³-hybridized carbons (Fsp3) is 0.316. The third-order valence-corrected chi connectivity index (χ3v) is 5.18. The Bertz CT molecular complexity index is 1020. The topological polar surface area (TPSA) is 64.0 Å². The van der Waals surface area contributed by atoms with Crippen molar-refractivity contribution < 1.29 is 9.18 Å². The van der Waals surface area contributed by atoms with Gasteiger partial charge in [-0.1, -0.05) is 19.1 Å². The number of aryl methyl sites for hydroxylation is 2. The molecule has 1 N–H and O–H groups in total. The van der Waals surface area contributed by atoms with Crippen molar-refractivity contribution in [1.82, 2.24) is 14.9 Å². The summed E-state index contributed by atoms with van der Waals surface area (Å²) >= 11 is 1.43. The third-order valence-electron chi connectivity index (χ3n) is 4.19. The van der Waals surface area contributed by atoms with E-state index in [9.17, 15) is 14.0 Å². The van der Waals surface area contributed by atoms with Gasteiger partial charge < -0.3 is 5.32 Å². The van der Waals surface area contributed by atoms with Gasteiger partial charge in [-0.25, -0.2) is 9.37 Å². The SMILES string of the molecule is CCCNC(=O)Cn1c(C)nc2sc(C)c(-c3ccc(F)cc3)c2c1=O. The maximum Gasteiger partial charge on any atom is 0.263 e. The summed E-state index contributed by atoms with van der Waals surface area (Å²) in [5.41, 5.74) is 1.27. The second-order valence-electron chi connectivity index (χ2n) is 6.12. The van der Waals surface area contributed by atoms with Gasteiger partial charge in [0.1, 0.15) is 23.0 Å². The van der Waals surface area contributed by atoms with Crippen molar-refractivity contribution in [1.29, 1.82) is 0 Å². The minimum atomic E-state index is -0.329. The molecule has 0 saturated heterocycles. The van der Waals surface area contributed by atoms with Crippen LogP contribution in [-0.4, -0.2) is 22.0 Å². The Kier molecular flexibility index (Phi) is 5.18. The minimum Gasteiger partial charge on any atom is -0.355 e. The third kappa shape index (κ3) is 3.39. The summed E-state index contributed by atoms with van der Waals surface area (Å²) in [7, 11) is 0. The van der Waals surface area contributed by atoms with Crippen molar-refractivity contribution in [2.75, 3.05) is 6.54 Å². The average molecular weight is 373 g/mol. The second kappa shape index (κ2) is 7.37. The number of thiophene rings is 1. The first-order valence-electron chi connectivity index (χ1n) is 8.45. The van der Waals surface area contributed by atoms with Crippen molar-refractivity contribution in [3.63, 3.8) is 0 Å². The first-order chi connectivity index (χ1) is 12.4. The molecule has 1 aromatic carbocycles. The normalized spacial score (nSPS) is 11.1. The van der Waals surface area contributed by atoms with E-state index in [1.165, 1.54) is 28.0 Å². The summed E-state index contributed by atoms with van der Waals surface area (Å²) in [5.74, 6) is -0.0422. The number of halogens is 1. The van der Waals surface area contributed by atoms with Crippen LogP contribution in [0.2, 0.25) is 0 Å². The molecule has 0 bridgehead atoms. The molecule has 2 aromatic heterocycles. The van der Waals surface area contributed by atoms with Gasteiger partial charge in [-0.2, -0.15) is 0 Å². The molecule has 3 rings (SSSR count). The van der Waals surface area contributed by atoms with E-state index < -0.39 is 0 Å². The highest BCUT2D eigenvalue weighted by atomic mass is 32.1. The fourth-order valence-corrected chi connectivity index (χ4v) is 3.99. The van der Waals surface area contributed by atoms with Crippen LogP contribution in [0, 0.1) is 19.7 Å². The summed E-state index contributed by atoms with van der Waals surface area (Å²) in [6, 6.07) is 6.05. The van der Waals surface area contributed by atoms with Gasteiger partial charge in [0.25, 0.3) is 5.56 Å². The molecule has 7 heteroatoms. The Morgan fingerprint density at radius 2 is 1.96 bits per heavy atom. The van der Waals surface area contributed by atoms with E-state index in [4.69, 9.17) is 0 Å². The van der Waals surface area contributed by atoms with E-state index in [0.29, 0.717) is 22.6 Å². The first kappa shape index (κ1) is 18.3. The van der Waals surface area contributed by atoms with E-state index in [2.05, 4.69) is 10.3 Å². The molecule has 2 heterocycles. The van der Waals surface area contributed by atoms with Crippen LogP contribution < -0.4 is 10.9 Å². The zero-order valence-electron chi connectivity index (χ0n) is 14.9. The zero-order chi connectivity index (χ0) is 18.8. The van der Waals surface area contributed by atoms with Crippen LogP contribution in [0.4, 0.5) is 4.39 Å². The zero-order valence-corrected chi connectivity index (χ0v) is 15.7. The fourth-order valence-electron chi connectivity index (χ4n) is 2.91. The molecule has 136 valence electrons. The summed E-state index contributed by atoms with van der Waals surface area (Å²) in [6.07, 6.45) is 0.829. The molecule has 0 atom stereocenters. The predicted molar refractivity (Wildman–Crippen MR) is 102 cm³/mol. The molecule has 0 spiro atoms. The van der Waals surface area contributed by atoms with Crippen molar-refractivity contribution >= 4 is 27.5 Å². The Labute approximate surface area is 154 Å². The van der Waals surface area contributed by atoms with E-state index in [-0.39, 0.29) is 23.8 Å². The number of nitrogens with zero attached hydrogens (tertiary/aromatic N) is 2. The molecule has 0 aliphatic rings. The lowest BCUT2D eigenvalue weighted by Gasteiger charge is -2.10. The van der Waals surface area contributed by atoms with Crippen LogP contribution in [0.1, 0.15) is 24.0 Å². The van der Waals surface area contributed by atoms with Crippen LogP contribution >= 0.6 is 11.3 Å². The summed E-state index contributed by atoms with van der Waals surface area (Å²) in [5, 5.41) is 3.26. The minimum absolute atomic E-state index is 0.0641. The number of amides is 1. The molecule has 0 aliphatic heterocycles. The number of nitrogens with one attached hydrogen (secondary N) is 1. The number of hydrogen-bond acceptors (Lipinski definition) is 4. The lowest BCUT2D eigenvalue weighted by Crippen LogP contribution is -2.34. The van der Waals surface area contributed by atoms with Crippen LogP contribution in [0.3, 0.4) is 0 Å². The van der Waals surface area contributed by atoms with Crippen molar-refractivity contribution in [3.8, 4) is 11.1 Å². The van der Waals surface area contributed by atoms with Crippen LogP contribution in [0.25, 0.3) is 21.3 Å². The van der Waals surface area contributed by atoms with Crippen LogP contribution in [-0.2, 0) is 11.3 Å². The van der Waals surface area contributed by atoms with Gasteiger partial charge in [-0.05, 0) is 38.0 Å².